The minimum absolute atomic E-state index is 0.190. The van der Waals surface area contributed by atoms with E-state index in [0.29, 0.717) is 13.2 Å². The van der Waals surface area contributed by atoms with Crippen molar-refractivity contribution >= 4 is 39.3 Å². The molecule has 1 aliphatic heterocycles. The number of carbonyl (C=O) groups excluding carboxylic acids is 1. The fourth-order valence-corrected chi connectivity index (χ4v) is 3.54. The Morgan fingerprint density at radius 2 is 1.93 bits per heavy atom. The Kier molecular flexibility index (Phi) is 6.07. The molecular weight excluding hydrogens is 432 g/mol. The largest absolute Gasteiger partial charge is 0.378 e. The summed E-state index contributed by atoms with van der Waals surface area (Å²) in [6.45, 7) is 2.99. The van der Waals surface area contributed by atoms with E-state index in [1.807, 2.05) is 54.7 Å². The van der Waals surface area contributed by atoms with Crippen LogP contribution in [-0.2, 0) is 9.53 Å². The Hall–Kier alpha value is -2.90. The number of morpholine rings is 1. The molecule has 2 aromatic carbocycles. The van der Waals surface area contributed by atoms with Crippen molar-refractivity contribution in [2.75, 3.05) is 36.5 Å². The zero-order chi connectivity index (χ0) is 20.1. The normalized spacial score (nSPS) is 14.3. The molecule has 0 aliphatic carbocycles. The van der Waals surface area contributed by atoms with Crippen molar-refractivity contribution in [3.8, 4) is 5.69 Å². The molecule has 1 N–H and O–H groups in total. The Balaban J connectivity index is 1.46. The highest BCUT2D eigenvalue weighted by Gasteiger charge is 2.16. The molecule has 1 aliphatic rings. The Bertz CT molecular complexity index is 1010. The van der Waals surface area contributed by atoms with Crippen LogP contribution in [0.4, 0.5) is 11.4 Å². The maximum atomic E-state index is 12.5. The monoisotopic (exact) mass is 452 g/mol. The molecule has 4 rings (SSSR count). The number of nitrogens with zero attached hydrogens (tertiary/aromatic N) is 3. The van der Waals surface area contributed by atoms with E-state index in [9.17, 15) is 4.79 Å². The first-order valence-corrected chi connectivity index (χ1v) is 10.2. The number of benzene rings is 2. The number of nitrogens with one attached hydrogen (secondary N) is 1. The molecule has 1 fully saturated rings. The highest BCUT2D eigenvalue weighted by atomic mass is 79.9. The van der Waals surface area contributed by atoms with Crippen LogP contribution in [0.3, 0.4) is 0 Å². The third-order valence-electron chi connectivity index (χ3n) is 4.62. The molecule has 1 aromatic heterocycles. The van der Waals surface area contributed by atoms with Crippen molar-refractivity contribution in [3.63, 3.8) is 0 Å². The van der Waals surface area contributed by atoms with Crippen LogP contribution in [0.2, 0.25) is 0 Å². The number of halogens is 1. The van der Waals surface area contributed by atoms with Crippen LogP contribution < -0.4 is 10.2 Å². The molecule has 0 saturated carbocycles. The lowest BCUT2D eigenvalue weighted by molar-refractivity contribution is -0.111. The summed E-state index contributed by atoms with van der Waals surface area (Å²) in [5.41, 5.74) is 3.60. The van der Waals surface area contributed by atoms with Gasteiger partial charge in [-0.3, -0.25) is 4.79 Å². The highest BCUT2D eigenvalue weighted by Crippen LogP contribution is 2.30. The third-order valence-corrected chi connectivity index (χ3v) is 5.11. The van der Waals surface area contributed by atoms with Crippen LogP contribution in [0, 0.1) is 0 Å². The minimum atomic E-state index is -0.190. The summed E-state index contributed by atoms with van der Waals surface area (Å²) >= 11 is 3.49. The number of hydrogen-bond acceptors (Lipinski definition) is 4. The predicted molar refractivity (Wildman–Crippen MR) is 118 cm³/mol. The van der Waals surface area contributed by atoms with E-state index in [1.165, 1.54) is 6.08 Å². The van der Waals surface area contributed by atoms with Gasteiger partial charge in [0.2, 0.25) is 5.91 Å². The van der Waals surface area contributed by atoms with Gasteiger partial charge in [0.25, 0.3) is 0 Å². The molecule has 0 radical (unpaired) electrons. The molecule has 7 heteroatoms. The Morgan fingerprint density at radius 3 is 2.72 bits per heavy atom. The summed E-state index contributed by atoms with van der Waals surface area (Å²) in [4.78, 5) is 14.7. The first kappa shape index (κ1) is 19.4. The first-order valence-electron chi connectivity index (χ1n) is 9.40. The van der Waals surface area contributed by atoms with Gasteiger partial charge in [-0.25, -0.2) is 4.68 Å². The van der Waals surface area contributed by atoms with Crippen molar-refractivity contribution in [2.24, 2.45) is 0 Å². The van der Waals surface area contributed by atoms with Crippen molar-refractivity contribution in [1.82, 2.24) is 9.78 Å². The maximum Gasteiger partial charge on any atom is 0.248 e. The van der Waals surface area contributed by atoms with Crippen molar-refractivity contribution in [1.29, 1.82) is 0 Å². The van der Waals surface area contributed by atoms with Gasteiger partial charge in [0.15, 0.2) is 0 Å². The van der Waals surface area contributed by atoms with Gasteiger partial charge in [0.1, 0.15) is 0 Å². The van der Waals surface area contributed by atoms with Crippen LogP contribution in [0.1, 0.15) is 5.56 Å². The molecular formula is C22H21BrN4O2. The molecule has 6 nitrogen and oxygen atoms in total. The molecule has 148 valence electrons. The van der Waals surface area contributed by atoms with Crippen molar-refractivity contribution in [2.45, 2.75) is 0 Å². The second kappa shape index (κ2) is 9.07. The van der Waals surface area contributed by atoms with E-state index in [2.05, 4.69) is 31.2 Å². The lowest BCUT2D eigenvalue weighted by Gasteiger charge is -2.30. The van der Waals surface area contributed by atoms with E-state index in [4.69, 9.17) is 4.74 Å². The third kappa shape index (κ3) is 4.93. The fourth-order valence-electron chi connectivity index (χ4n) is 3.18. The van der Waals surface area contributed by atoms with Crippen LogP contribution >= 0.6 is 15.9 Å². The zero-order valence-electron chi connectivity index (χ0n) is 15.8. The van der Waals surface area contributed by atoms with Gasteiger partial charge < -0.3 is 15.0 Å². The number of anilines is 2. The van der Waals surface area contributed by atoms with Gasteiger partial charge in [-0.05, 0) is 36.4 Å². The lowest BCUT2D eigenvalue weighted by Crippen LogP contribution is -2.36. The molecule has 0 atom stereocenters. The average molecular weight is 453 g/mol. The Labute approximate surface area is 177 Å². The zero-order valence-corrected chi connectivity index (χ0v) is 17.4. The van der Waals surface area contributed by atoms with E-state index in [1.54, 1.807) is 17.0 Å². The number of para-hydroxylation sites is 1. The smallest absolute Gasteiger partial charge is 0.248 e. The quantitative estimate of drug-likeness (QED) is 0.591. The minimum Gasteiger partial charge on any atom is -0.378 e. The summed E-state index contributed by atoms with van der Waals surface area (Å²) in [5, 5.41) is 7.34. The lowest BCUT2D eigenvalue weighted by atomic mass is 10.2. The van der Waals surface area contributed by atoms with Crippen LogP contribution in [0.15, 0.2) is 71.5 Å². The number of aromatic nitrogens is 2. The maximum absolute atomic E-state index is 12.5. The van der Waals surface area contributed by atoms with E-state index < -0.39 is 0 Å². The van der Waals surface area contributed by atoms with E-state index in [0.717, 1.165) is 40.2 Å². The highest BCUT2D eigenvalue weighted by molar-refractivity contribution is 9.10. The molecule has 2 heterocycles. The van der Waals surface area contributed by atoms with Crippen molar-refractivity contribution < 1.29 is 9.53 Å². The molecule has 0 spiro atoms. The molecule has 1 amide bonds. The fraction of sp³-hybridized carbons (Fsp3) is 0.182. The molecule has 29 heavy (non-hydrogen) atoms. The Morgan fingerprint density at radius 1 is 1.14 bits per heavy atom. The van der Waals surface area contributed by atoms with Gasteiger partial charge in [0, 0.05) is 35.4 Å². The topological polar surface area (TPSA) is 59.4 Å². The summed E-state index contributed by atoms with van der Waals surface area (Å²) in [7, 11) is 0. The molecule has 0 bridgehead atoms. The summed E-state index contributed by atoms with van der Waals surface area (Å²) in [6, 6.07) is 15.8. The number of hydrogen-bond donors (Lipinski definition) is 1. The van der Waals surface area contributed by atoms with Gasteiger partial charge >= 0.3 is 0 Å². The number of ether oxygens (including phenoxy) is 1. The number of rotatable bonds is 5. The second-order valence-electron chi connectivity index (χ2n) is 6.64. The van der Waals surface area contributed by atoms with Crippen LogP contribution in [0.25, 0.3) is 11.8 Å². The molecule has 3 aromatic rings. The SMILES string of the molecule is O=C(/C=C/c1cnn(-c2ccccc2)c1)Nc1cc(Br)ccc1N1CCOCC1. The van der Waals surface area contributed by atoms with Crippen LogP contribution in [0.5, 0.6) is 0 Å². The van der Waals surface area contributed by atoms with Crippen LogP contribution in [-0.4, -0.2) is 42.0 Å². The summed E-state index contributed by atoms with van der Waals surface area (Å²) in [5.74, 6) is -0.190. The summed E-state index contributed by atoms with van der Waals surface area (Å²) in [6.07, 6.45) is 6.90. The second-order valence-corrected chi connectivity index (χ2v) is 7.55. The number of carbonyl (C=O) groups is 1. The van der Waals surface area contributed by atoms with Gasteiger partial charge in [0.05, 0.1) is 36.5 Å². The van der Waals surface area contributed by atoms with Gasteiger partial charge in [-0.15, -0.1) is 0 Å². The first-order chi connectivity index (χ1) is 14.2. The van der Waals surface area contributed by atoms with Crippen molar-refractivity contribution in [3.05, 3.63) is 77.0 Å². The standard InChI is InChI=1S/C22H21BrN4O2/c23-18-7-8-21(26-10-12-29-13-11-26)20(14-18)25-22(28)9-6-17-15-24-27(16-17)19-4-2-1-3-5-19/h1-9,14-16H,10-13H2,(H,25,28)/b9-6+. The predicted octanol–water partition coefficient (Wildman–Crippen LogP) is 4.12. The summed E-state index contributed by atoms with van der Waals surface area (Å²) < 4.78 is 8.12. The molecule has 1 saturated heterocycles. The van der Waals surface area contributed by atoms with Gasteiger partial charge in [-0.1, -0.05) is 34.1 Å². The number of amides is 1. The van der Waals surface area contributed by atoms with Gasteiger partial charge in [-0.2, -0.15) is 5.10 Å². The van der Waals surface area contributed by atoms with E-state index in [-0.39, 0.29) is 5.91 Å². The van der Waals surface area contributed by atoms with E-state index >= 15 is 0 Å². The average Bonchev–Trinajstić information content (AvgIpc) is 3.23. The molecule has 0 unspecified atom stereocenters.